The molecule has 0 spiro atoms. The van der Waals surface area contributed by atoms with Gasteiger partial charge in [-0.25, -0.2) is 4.79 Å². The van der Waals surface area contributed by atoms with Gasteiger partial charge < -0.3 is 19.2 Å². The van der Waals surface area contributed by atoms with Crippen molar-refractivity contribution in [3.05, 3.63) is 0 Å². The minimum Gasteiger partial charge on any atom is -0.460 e. The molecule has 6 heteroatoms. The first-order valence-corrected chi connectivity index (χ1v) is 7.09. The Morgan fingerprint density at radius 1 is 1.00 bits per heavy atom. The van der Waals surface area contributed by atoms with Gasteiger partial charge in [0, 0.05) is 19.0 Å². The molecule has 1 saturated heterocycles. The number of ether oxygens (including phenoxy) is 2. The van der Waals surface area contributed by atoms with Crippen LogP contribution >= 0.6 is 0 Å². The van der Waals surface area contributed by atoms with Gasteiger partial charge in [0.1, 0.15) is 17.5 Å². The molecule has 0 unspecified atom stereocenters. The van der Waals surface area contributed by atoms with Gasteiger partial charge in [0.15, 0.2) is 0 Å². The van der Waals surface area contributed by atoms with Crippen LogP contribution in [0.5, 0.6) is 0 Å². The van der Waals surface area contributed by atoms with Crippen molar-refractivity contribution in [2.45, 2.75) is 52.7 Å². The van der Waals surface area contributed by atoms with E-state index in [9.17, 15) is 14.4 Å². The number of carbonyl (C=O) groups excluding carboxylic acids is 3. The number of amides is 1. The summed E-state index contributed by atoms with van der Waals surface area (Å²) in [6, 6.07) is 0. The van der Waals surface area contributed by atoms with Gasteiger partial charge in [0.2, 0.25) is 0 Å². The predicted octanol–water partition coefficient (Wildman–Crippen LogP) is 2.01. The zero-order valence-corrected chi connectivity index (χ0v) is 13.6. The molecular formula is C15H25NO5. The minimum absolute atomic E-state index is 0.146. The lowest BCUT2D eigenvalue weighted by Gasteiger charge is -2.25. The number of likely N-dealkylation sites (tertiary alicyclic amines) is 1. The average molecular weight is 299 g/mol. The van der Waals surface area contributed by atoms with E-state index in [0.717, 1.165) is 0 Å². The molecule has 1 aliphatic rings. The van der Waals surface area contributed by atoms with Crippen molar-refractivity contribution in [2.24, 2.45) is 11.8 Å². The molecule has 1 amide bonds. The van der Waals surface area contributed by atoms with Crippen LogP contribution < -0.4 is 0 Å². The van der Waals surface area contributed by atoms with Crippen LogP contribution in [0.25, 0.3) is 0 Å². The van der Waals surface area contributed by atoms with E-state index in [0.29, 0.717) is 6.29 Å². The summed E-state index contributed by atoms with van der Waals surface area (Å²) in [5.41, 5.74) is -1.23. The van der Waals surface area contributed by atoms with Gasteiger partial charge in [-0.15, -0.1) is 0 Å². The van der Waals surface area contributed by atoms with Gasteiger partial charge in [-0.1, -0.05) is 0 Å². The molecule has 120 valence electrons. The van der Waals surface area contributed by atoms with E-state index in [2.05, 4.69) is 0 Å². The summed E-state index contributed by atoms with van der Waals surface area (Å²) in [6.45, 7) is 10.9. The van der Waals surface area contributed by atoms with Crippen molar-refractivity contribution >= 4 is 18.3 Å². The lowest BCUT2D eigenvalue weighted by atomic mass is 9.97. The highest BCUT2D eigenvalue weighted by Crippen LogP contribution is 2.26. The maximum absolute atomic E-state index is 12.1. The molecule has 6 nitrogen and oxygen atoms in total. The van der Waals surface area contributed by atoms with Gasteiger partial charge in [-0.2, -0.15) is 0 Å². The topological polar surface area (TPSA) is 72.9 Å². The summed E-state index contributed by atoms with van der Waals surface area (Å²) in [5, 5.41) is 0. The van der Waals surface area contributed by atoms with Crippen LogP contribution in [-0.4, -0.2) is 47.5 Å². The van der Waals surface area contributed by atoms with Crippen molar-refractivity contribution in [1.82, 2.24) is 4.90 Å². The van der Waals surface area contributed by atoms with E-state index in [1.54, 1.807) is 41.5 Å². The Morgan fingerprint density at radius 3 is 1.95 bits per heavy atom. The third-order valence-electron chi connectivity index (χ3n) is 2.90. The monoisotopic (exact) mass is 299 g/mol. The Kier molecular flexibility index (Phi) is 5.02. The standard InChI is InChI=1S/C15H25NO5/c1-14(2,3)20-12(18)11-8-16(7-10(11)9-17)13(19)21-15(4,5)6/h9-11H,7-8H2,1-6H3/t10-,11+/m1/s1. The summed E-state index contributed by atoms with van der Waals surface area (Å²) in [7, 11) is 0. The molecule has 0 aromatic carbocycles. The van der Waals surface area contributed by atoms with E-state index in [4.69, 9.17) is 9.47 Å². The summed E-state index contributed by atoms with van der Waals surface area (Å²) in [5.74, 6) is -1.63. The van der Waals surface area contributed by atoms with Crippen LogP contribution in [0.15, 0.2) is 0 Å². The van der Waals surface area contributed by atoms with Gasteiger partial charge in [0.05, 0.1) is 5.92 Å². The van der Waals surface area contributed by atoms with Gasteiger partial charge in [0.25, 0.3) is 0 Å². The lowest BCUT2D eigenvalue weighted by Crippen LogP contribution is -2.36. The Morgan fingerprint density at radius 2 is 1.52 bits per heavy atom. The number of hydrogen-bond donors (Lipinski definition) is 0. The SMILES string of the molecule is CC(C)(C)OC(=O)[C@H]1CN(C(=O)OC(C)(C)C)C[C@@H]1C=O. The van der Waals surface area contributed by atoms with E-state index in [-0.39, 0.29) is 13.1 Å². The van der Waals surface area contributed by atoms with Crippen molar-refractivity contribution in [3.63, 3.8) is 0 Å². The third-order valence-corrected chi connectivity index (χ3v) is 2.90. The van der Waals surface area contributed by atoms with E-state index in [1.807, 2.05) is 0 Å². The molecule has 0 saturated carbocycles. The van der Waals surface area contributed by atoms with Gasteiger partial charge in [-0.05, 0) is 41.5 Å². The zero-order valence-electron chi connectivity index (χ0n) is 13.6. The van der Waals surface area contributed by atoms with Gasteiger partial charge >= 0.3 is 12.1 Å². The van der Waals surface area contributed by atoms with E-state index >= 15 is 0 Å². The second-order valence-electron chi connectivity index (χ2n) is 7.33. The number of rotatable bonds is 2. The predicted molar refractivity (Wildman–Crippen MR) is 76.7 cm³/mol. The fourth-order valence-electron chi connectivity index (χ4n) is 2.07. The highest BCUT2D eigenvalue weighted by molar-refractivity contribution is 5.80. The largest absolute Gasteiger partial charge is 0.460 e. The Labute approximate surface area is 125 Å². The molecule has 1 rings (SSSR count). The fraction of sp³-hybridized carbons (Fsp3) is 0.800. The highest BCUT2D eigenvalue weighted by Gasteiger charge is 2.42. The quantitative estimate of drug-likeness (QED) is 0.576. The van der Waals surface area contributed by atoms with Crippen molar-refractivity contribution in [2.75, 3.05) is 13.1 Å². The van der Waals surface area contributed by atoms with Crippen LogP contribution in [-0.2, 0) is 19.1 Å². The van der Waals surface area contributed by atoms with Crippen LogP contribution in [0.1, 0.15) is 41.5 Å². The molecule has 0 aromatic rings. The highest BCUT2D eigenvalue weighted by atomic mass is 16.6. The van der Waals surface area contributed by atoms with Crippen LogP contribution in [0.2, 0.25) is 0 Å². The Hall–Kier alpha value is -1.59. The Bertz CT molecular complexity index is 419. The molecule has 0 radical (unpaired) electrons. The smallest absolute Gasteiger partial charge is 0.410 e. The number of nitrogens with zero attached hydrogens (tertiary/aromatic N) is 1. The molecule has 2 atom stereocenters. The van der Waals surface area contributed by atoms with Crippen molar-refractivity contribution < 1.29 is 23.9 Å². The second kappa shape index (κ2) is 6.03. The molecule has 0 N–H and O–H groups in total. The Balaban J connectivity index is 2.74. The number of esters is 1. The summed E-state index contributed by atoms with van der Waals surface area (Å²) in [6.07, 6.45) is 0.194. The average Bonchev–Trinajstić information content (AvgIpc) is 2.68. The maximum atomic E-state index is 12.1. The molecule has 1 aliphatic heterocycles. The number of aldehydes is 1. The number of carbonyl (C=O) groups is 3. The molecule has 21 heavy (non-hydrogen) atoms. The van der Waals surface area contributed by atoms with Crippen LogP contribution in [0.3, 0.4) is 0 Å². The first kappa shape index (κ1) is 17.5. The molecule has 0 bridgehead atoms. The van der Waals surface area contributed by atoms with E-state index in [1.165, 1.54) is 4.90 Å². The maximum Gasteiger partial charge on any atom is 0.410 e. The summed E-state index contributed by atoms with van der Waals surface area (Å²) < 4.78 is 10.6. The summed E-state index contributed by atoms with van der Waals surface area (Å²) in [4.78, 5) is 36.7. The molecule has 0 aromatic heterocycles. The summed E-state index contributed by atoms with van der Waals surface area (Å²) >= 11 is 0. The molecule has 1 heterocycles. The lowest BCUT2D eigenvalue weighted by molar-refractivity contribution is -0.161. The first-order chi connectivity index (χ1) is 9.43. The molecule has 0 aliphatic carbocycles. The third kappa shape index (κ3) is 5.36. The molecule has 1 fully saturated rings. The van der Waals surface area contributed by atoms with Crippen molar-refractivity contribution in [3.8, 4) is 0 Å². The minimum atomic E-state index is -0.630. The molecular weight excluding hydrogens is 274 g/mol. The number of hydrogen-bond acceptors (Lipinski definition) is 5. The fourth-order valence-corrected chi connectivity index (χ4v) is 2.07. The zero-order chi connectivity index (χ0) is 16.4. The van der Waals surface area contributed by atoms with Crippen LogP contribution in [0.4, 0.5) is 4.79 Å². The second-order valence-corrected chi connectivity index (χ2v) is 7.33. The van der Waals surface area contributed by atoms with Crippen molar-refractivity contribution in [1.29, 1.82) is 0 Å². The first-order valence-electron chi connectivity index (χ1n) is 7.09. The van der Waals surface area contributed by atoms with E-state index < -0.39 is 35.1 Å². The van der Waals surface area contributed by atoms with Gasteiger partial charge in [-0.3, -0.25) is 4.79 Å². The normalized spacial score (nSPS) is 22.9. The van der Waals surface area contributed by atoms with Crippen LogP contribution in [0, 0.1) is 11.8 Å².